The summed E-state index contributed by atoms with van der Waals surface area (Å²) in [5.41, 5.74) is 15.3. The molecule has 4 aliphatic rings. The van der Waals surface area contributed by atoms with Gasteiger partial charge in [-0.05, 0) is 98.7 Å². The Morgan fingerprint density at radius 2 is 1.13 bits per heavy atom. The van der Waals surface area contributed by atoms with Crippen molar-refractivity contribution < 1.29 is 48.1 Å². The van der Waals surface area contributed by atoms with Crippen LogP contribution < -0.4 is 25.8 Å². The van der Waals surface area contributed by atoms with E-state index in [-0.39, 0.29) is 28.9 Å². The molecule has 448 valence electrons. The number of hydrogen-bond acceptors (Lipinski definition) is 15. The summed E-state index contributed by atoms with van der Waals surface area (Å²) in [5, 5.41) is 12.0. The van der Waals surface area contributed by atoms with E-state index >= 15 is 0 Å². The predicted octanol–water partition coefficient (Wildman–Crippen LogP) is 6.93. The van der Waals surface area contributed by atoms with Gasteiger partial charge < -0.3 is 45.2 Å². The molecular weight excluding hydrogens is 1090 g/mol. The van der Waals surface area contributed by atoms with Gasteiger partial charge in [0.05, 0.1) is 49.2 Å². The summed E-state index contributed by atoms with van der Waals surface area (Å²) in [7, 11) is 9.17. The Kier molecular flexibility index (Phi) is 21.3. The molecular formula is C67H75N9O10. The van der Waals surface area contributed by atoms with Gasteiger partial charge in [-0.3, -0.25) is 38.6 Å². The lowest BCUT2D eigenvalue weighted by Crippen LogP contribution is -2.48. The zero-order chi connectivity index (χ0) is 61.6. The van der Waals surface area contributed by atoms with E-state index in [1.165, 1.54) is 26.2 Å². The number of imide groups is 1. The van der Waals surface area contributed by atoms with Crippen molar-refractivity contribution in [3.63, 3.8) is 0 Å². The van der Waals surface area contributed by atoms with Crippen LogP contribution in [0.2, 0.25) is 0 Å². The van der Waals surface area contributed by atoms with Crippen LogP contribution in [0.15, 0.2) is 146 Å². The number of hydrogen-bond donors (Lipinski definition) is 3. The third-order valence-corrected chi connectivity index (χ3v) is 15.5. The van der Waals surface area contributed by atoms with Crippen LogP contribution in [-0.4, -0.2) is 180 Å². The largest absolute Gasteiger partial charge is 0.492 e. The second kappa shape index (κ2) is 29.1. The number of nitrogens with two attached hydrogens (primary N) is 1. The Labute approximate surface area is 502 Å². The first-order chi connectivity index (χ1) is 41.4. The molecule has 0 bridgehead atoms. The Morgan fingerprint density at radius 3 is 1.64 bits per heavy atom. The first kappa shape index (κ1) is 62.9. The summed E-state index contributed by atoms with van der Waals surface area (Å²) in [6.45, 7) is 11.4. The normalized spacial score (nSPS) is 16.3. The fourth-order valence-electron chi connectivity index (χ4n) is 10.4. The zero-order valence-electron chi connectivity index (χ0n) is 49.9. The molecule has 86 heavy (non-hydrogen) atoms. The van der Waals surface area contributed by atoms with Gasteiger partial charge in [-0.25, -0.2) is 9.69 Å². The zero-order valence-corrected chi connectivity index (χ0v) is 49.9. The highest BCUT2D eigenvalue weighted by Gasteiger charge is 2.39. The van der Waals surface area contributed by atoms with E-state index in [0.29, 0.717) is 65.6 Å². The van der Waals surface area contributed by atoms with Gasteiger partial charge in [0.15, 0.2) is 5.78 Å². The lowest BCUT2D eigenvalue weighted by atomic mass is 9.90. The van der Waals surface area contributed by atoms with Gasteiger partial charge in [0, 0.05) is 118 Å². The van der Waals surface area contributed by atoms with Crippen LogP contribution in [0.1, 0.15) is 62.4 Å². The number of nitrogens with zero attached hydrogens (tertiary/aromatic N) is 7. The number of allylic oxidation sites excluding steroid dienone is 1. The minimum Gasteiger partial charge on any atom is -0.492 e. The third kappa shape index (κ3) is 15.2. The monoisotopic (exact) mass is 1170 g/mol. The Bertz CT molecular complexity index is 3500. The van der Waals surface area contributed by atoms with Crippen LogP contribution >= 0.6 is 0 Å². The number of ether oxygens (including phenoxy) is 2. The number of nitrogen functional groups attached to an aromatic ring is 1. The molecule has 0 aromatic heterocycles. The van der Waals surface area contributed by atoms with Crippen molar-refractivity contribution in [1.82, 2.24) is 19.6 Å². The summed E-state index contributed by atoms with van der Waals surface area (Å²) in [5.74, 6) is -1.54. The van der Waals surface area contributed by atoms with Gasteiger partial charge in [0.25, 0.3) is 11.8 Å². The first-order valence-electron chi connectivity index (χ1n) is 28.6. The minimum absolute atomic E-state index is 0.0648. The summed E-state index contributed by atoms with van der Waals surface area (Å²) in [6.07, 6.45) is 0.518. The van der Waals surface area contributed by atoms with E-state index in [0.717, 1.165) is 96.5 Å². The van der Waals surface area contributed by atoms with Crippen LogP contribution in [0.5, 0.6) is 0 Å². The number of rotatable bonds is 15. The molecule has 10 rings (SSSR count). The molecule has 6 aromatic rings. The molecule has 4 aliphatic heterocycles. The second-order valence-electron chi connectivity index (χ2n) is 21.4. The predicted molar refractivity (Wildman–Crippen MR) is 336 cm³/mol. The highest BCUT2D eigenvalue weighted by molar-refractivity contribution is 6.43. The fourth-order valence-corrected chi connectivity index (χ4v) is 10.4. The molecule has 5 amide bonds. The molecule has 2 fully saturated rings. The lowest BCUT2D eigenvalue weighted by Gasteiger charge is -2.32. The number of aliphatic hydroxyl groups excluding tert-OH is 1. The molecule has 19 heteroatoms. The van der Waals surface area contributed by atoms with Crippen molar-refractivity contribution in [2.45, 2.75) is 20.3 Å². The van der Waals surface area contributed by atoms with Gasteiger partial charge in [-0.1, -0.05) is 91.0 Å². The van der Waals surface area contributed by atoms with Crippen LogP contribution in [0.3, 0.4) is 0 Å². The van der Waals surface area contributed by atoms with Gasteiger partial charge in [-0.15, -0.1) is 0 Å². The number of amides is 5. The van der Waals surface area contributed by atoms with E-state index in [4.69, 9.17) is 20.3 Å². The number of carbonyl (C=O) groups excluding carboxylic acids is 7. The Balaban J connectivity index is 0.000000180. The summed E-state index contributed by atoms with van der Waals surface area (Å²) in [4.78, 5) is 101. The number of aliphatic hydroxyl groups is 1. The lowest BCUT2D eigenvalue weighted by molar-refractivity contribution is -0.122. The number of benzene rings is 6. The first-order valence-corrected chi connectivity index (χ1v) is 28.6. The number of anilines is 5. The Hall–Kier alpha value is -9.11. The average molecular weight is 1170 g/mol. The number of Topliss-reactive ketones (excluding diaryl/α,β-unsaturated/α-hetero) is 1. The number of fused-ring (bicyclic) bond motifs is 2. The Morgan fingerprint density at radius 1 is 0.616 bits per heavy atom. The summed E-state index contributed by atoms with van der Waals surface area (Å²) < 4.78 is 10.6. The van der Waals surface area contributed by atoms with E-state index in [1.54, 1.807) is 34.1 Å². The van der Waals surface area contributed by atoms with Crippen LogP contribution in [0, 0.1) is 0 Å². The van der Waals surface area contributed by atoms with Gasteiger partial charge in [0.2, 0.25) is 17.7 Å². The number of ketones is 1. The standard InChI is InChI=1S/C32H34N4O4.C21H19NO5.C14H22N4O/c1-34-15-17-36(18-16-34)21-29(37)35(2)25-12-9-22(10-13-25)19-27(23-7-5-4-6-8-23)30-26-14-11-24(32(39)40-3)20-28(26)33-31(30)38;1-3-27-20(14-7-5-4-6-8-14)19-16-10-9-15(18(25)12-23)11-17(16)22(13(2)24)21(19)26;1-16-7-9-18(10-8-16)11-14(19)17(2)13-5-3-12(15)4-6-13/h4-14,20H,15-19,21H2,1-3H3,(H,33,38);4-11,23H,3,12H2,1-2H3;3-6H,7-11,15H2,1-2H3/b30-27+;20-19-;. The molecule has 2 saturated heterocycles. The van der Waals surface area contributed by atoms with Crippen molar-refractivity contribution in [3.05, 3.63) is 185 Å². The molecule has 4 heterocycles. The van der Waals surface area contributed by atoms with Gasteiger partial charge >= 0.3 is 5.97 Å². The maximum atomic E-state index is 13.3. The second-order valence-corrected chi connectivity index (χ2v) is 21.4. The quantitative estimate of drug-likeness (QED) is 0.0312. The minimum atomic E-state index is -0.649. The van der Waals surface area contributed by atoms with E-state index < -0.39 is 30.2 Å². The maximum Gasteiger partial charge on any atom is 0.337 e. The molecule has 0 spiro atoms. The maximum absolute atomic E-state index is 13.3. The number of likely N-dealkylation sites (N-methyl/N-ethyl adjacent to an activating group) is 4. The summed E-state index contributed by atoms with van der Waals surface area (Å²) in [6, 6.07) is 44.0. The number of carbonyl (C=O) groups is 7. The van der Waals surface area contributed by atoms with E-state index in [9.17, 15) is 33.6 Å². The third-order valence-electron chi connectivity index (χ3n) is 15.5. The van der Waals surface area contributed by atoms with E-state index in [2.05, 4.69) is 39.0 Å². The van der Waals surface area contributed by atoms with Gasteiger partial charge in [0.1, 0.15) is 12.4 Å². The van der Waals surface area contributed by atoms with Crippen LogP contribution in [0.25, 0.3) is 22.5 Å². The number of methoxy groups -OCH3 is 1. The number of esters is 1. The SMILES string of the molecule is CCO/C(=C1\C(=O)N(C(C)=O)c2cc(C(=O)CO)ccc21)c1ccccc1.CN1CCN(CC(=O)N(C)c2ccc(N)cc2)CC1.COC(=O)c1ccc2c(c1)NC(=O)/C2=C(\Cc1ccc(N(C)C(=O)CN2CCN(C)CC2)cc1)c1ccccc1. The molecule has 0 unspecified atom stereocenters. The molecule has 0 saturated carbocycles. The number of nitrogens with one attached hydrogen (secondary N) is 1. The van der Waals surface area contributed by atoms with Crippen molar-refractivity contribution in [2.75, 3.05) is 140 Å². The van der Waals surface area contributed by atoms with Gasteiger partial charge in [-0.2, -0.15) is 0 Å². The molecule has 6 aromatic carbocycles. The highest BCUT2D eigenvalue weighted by Crippen LogP contribution is 2.43. The molecule has 4 N–H and O–H groups in total. The van der Waals surface area contributed by atoms with Crippen molar-refractivity contribution >= 4 is 92.2 Å². The summed E-state index contributed by atoms with van der Waals surface area (Å²) >= 11 is 0. The molecule has 0 aliphatic carbocycles. The van der Waals surface area contributed by atoms with Crippen LogP contribution in [-0.2, 0) is 39.9 Å². The van der Waals surface area contributed by atoms with Crippen molar-refractivity contribution in [2.24, 2.45) is 0 Å². The van der Waals surface area contributed by atoms with Crippen LogP contribution in [0.4, 0.5) is 28.4 Å². The number of piperazine rings is 2. The van der Waals surface area contributed by atoms with Crippen molar-refractivity contribution in [3.8, 4) is 0 Å². The molecule has 0 radical (unpaired) electrons. The molecule has 0 atom stereocenters. The van der Waals surface area contributed by atoms with E-state index in [1.807, 2.05) is 130 Å². The smallest absolute Gasteiger partial charge is 0.337 e. The van der Waals surface area contributed by atoms with Crippen molar-refractivity contribution in [1.29, 1.82) is 0 Å². The fraction of sp³-hybridized carbons (Fsp3) is 0.299. The molecule has 19 nitrogen and oxygen atoms in total. The topological polar surface area (TPSA) is 219 Å². The average Bonchev–Trinajstić information content (AvgIpc) is 1.78. The highest BCUT2D eigenvalue weighted by atomic mass is 16.5.